The lowest BCUT2D eigenvalue weighted by Gasteiger charge is -2.52. The van der Waals surface area contributed by atoms with Gasteiger partial charge in [-0.1, -0.05) is 22.9 Å². The monoisotopic (exact) mass is 500 g/mol. The summed E-state index contributed by atoms with van der Waals surface area (Å²) in [5.41, 5.74) is 3.04. The maximum atomic E-state index is 14.0. The van der Waals surface area contributed by atoms with Gasteiger partial charge in [-0.3, -0.25) is 18.3 Å². The minimum absolute atomic E-state index is 0.156. The molecule has 2 aliphatic heterocycles. The summed E-state index contributed by atoms with van der Waals surface area (Å²) >= 11 is 1.63. The van der Waals surface area contributed by atoms with Crippen LogP contribution in [0.4, 0.5) is 10.1 Å². The summed E-state index contributed by atoms with van der Waals surface area (Å²) in [6.07, 6.45) is 3.28. The second-order valence-electron chi connectivity index (χ2n) is 9.30. The van der Waals surface area contributed by atoms with Crippen molar-refractivity contribution >= 4 is 27.8 Å². The van der Waals surface area contributed by atoms with E-state index in [0.717, 1.165) is 34.7 Å². The number of likely N-dealkylation sites (tertiary alicyclic amines) is 1. The fraction of sp³-hybridized carbons (Fsp3) is 0.308. The number of nitrogens with zero attached hydrogens (tertiary/aromatic N) is 2. The van der Waals surface area contributed by atoms with Crippen LogP contribution < -0.4 is 4.31 Å². The molecule has 2 atom stereocenters. The Morgan fingerprint density at radius 2 is 2.00 bits per heavy atom. The van der Waals surface area contributed by atoms with Crippen molar-refractivity contribution in [3.05, 3.63) is 82.3 Å². The molecule has 3 aromatic rings. The van der Waals surface area contributed by atoms with E-state index in [9.17, 15) is 18.6 Å². The van der Waals surface area contributed by atoms with E-state index in [2.05, 4.69) is 24.0 Å². The van der Waals surface area contributed by atoms with Crippen LogP contribution in [-0.4, -0.2) is 37.2 Å². The van der Waals surface area contributed by atoms with Gasteiger partial charge in [0.25, 0.3) is 0 Å². The molecule has 0 radical (unpaired) electrons. The molecule has 3 N–H and O–H groups in total. The molecule has 2 aliphatic rings. The maximum Gasteiger partial charge on any atom is 0.125 e. The fourth-order valence-corrected chi connectivity index (χ4v) is 7.94. The molecule has 2 aromatic carbocycles. The van der Waals surface area contributed by atoms with Crippen LogP contribution in [0.1, 0.15) is 30.9 Å². The predicted molar refractivity (Wildman–Crippen MR) is 139 cm³/mol. The van der Waals surface area contributed by atoms with Crippen LogP contribution in [0.3, 0.4) is 0 Å². The number of anilines is 1. The predicted octanol–water partition coefficient (Wildman–Crippen LogP) is 6.99. The minimum atomic E-state index is -3.16. The second kappa shape index (κ2) is 8.70. The lowest BCUT2D eigenvalue weighted by atomic mass is 9.83. The van der Waals surface area contributed by atoms with Gasteiger partial charge in [0.2, 0.25) is 0 Å². The van der Waals surface area contributed by atoms with Gasteiger partial charge >= 0.3 is 0 Å². The smallest absolute Gasteiger partial charge is 0.125 e. The Morgan fingerprint density at radius 3 is 2.71 bits per heavy atom. The Bertz CT molecular complexity index is 1240. The van der Waals surface area contributed by atoms with Crippen LogP contribution in [0.15, 0.2) is 65.4 Å². The maximum absolute atomic E-state index is 14.0. The molecule has 0 unspecified atom stereocenters. The average Bonchev–Trinajstić information content (AvgIpc) is 3.31. The summed E-state index contributed by atoms with van der Waals surface area (Å²) in [5.74, 6) is -0.115. The van der Waals surface area contributed by atoms with Gasteiger partial charge in [-0.2, -0.15) is 0 Å². The topological polar surface area (TPSA) is 67.2 Å². The van der Waals surface area contributed by atoms with Gasteiger partial charge in [0.15, 0.2) is 0 Å². The Hall–Kier alpha value is -2.36. The molecule has 1 aromatic heterocycles. The normalized spacial score (nSPS) is 25.2. The number of rotatable bonds is 4. The first-order chi connectivity index (χ1) is 16.2. The Labute approximate surface area is 205 Å². The van der Waals surface area contributed by atoms with Gasteiger partial charge in [0.1, 0.15) is 11.6 Å². The summed E-state index contributed by atoms with van der Waals surface area (Å²) in [5, 5.41) is 14.0. The molecular weight excluding hydrogens is 471 g/mol. The van der Waals surface area contributed by atoms with E-state index in [1.165, 1.54) is 17.5 Å². The quantitative estimate of drug-likeness (QED) is 0.360. The highest BCUT2D eigenvalue weighted by Crippen LogP contribution is 2.60. The van der Waals surface area contributed by atoms with E-state index < -0.39 is 22.1 Å². The molecule has 1 spiro atoms. The summed E-state index contributed by atoms with van der Waals surface area (Å²) in [7, 11) is -3.16. The molecule has 0 amide bonds. The molecule has 34 heavy (non-hydrogen) atoms. The lowest BCUT2D eigenvalue weighted by Crippen LogP contribution is -2.55. The first-order valence-corrected chi connectivity index (χ1v) is 13.8. The van der Waals surface area contributed by atoms with Crippen LogP contribution in [0.25, 0.3) is 10.4 Å². The fourth-order valence-electron chi connectivity index (χ4n) is 5.25. The molecule has 1 saturated heterocycles. The van der Waals surface area contributed by atoms with Crippen LogP contribution in [-0.2, 0) is 6.54 Å². The second-order valence-corrected chi connectivity index (χ2v) is 12.0. The largest absolute Gasteiger partial charge is 0.507 e. The van der Waals surface area contributed by atoms with Crippen molar-refractivity contribution in [3.8, 4) is 16.2 Å². The number of phenolic OH excluding ortho intramolecular Hbond substituents is 1. The van der Waals surface area contributed by atoms with Gasteiger partial charge in [-0.05, 0) is 85.7 Å². The van der Waals surface area contributed by atoms with Crippen molar-refractivity contribution in [1.82, 2.24) is 4.90 Å². The van der Waals surface area contributed by atoms with Gasteiger partial charge in [-0.25, -0.2) is 4.39 Å². The number of halogens is 1. The molecule has 0 saturated carbocycles. The molecule has 5 nitrogen and oxygen atoms in total. The Kier molecular flexibility index (Phi) is 5.98. The van der Waals surface area contributed by atoms with E-state index in [1.807, 2.05) is 24.4 Å². The van der Waals surface area contributed by atoms with Crippen LogP contribution in [0.5, 0.6) is 5.75 Å². The number of phenols is 1. The first kappa shape index (κ1) is 23.4. The van der Waals surface area contributed by atoms with Gasteiger partial charge in [0, 0.05) is 35.0 Å². The lowest BCUT2D eigenvalue weighted by molar-refractivity contribution is 0.119. The number of thiophene rings is 1. The zero-order valence-electron chi connectivity index (χ0n) is 19.2. The average molecular weight is 501 g/mol. The summed E-state index contributed by atoms with van der Waals surface area (Å²) < 4.78 is 37.2. The highest BCUT2D eigenvalue weighted by molar-refractivity contribution is 8.28. The molecule has 0 aliphatic carbocycles. The summed E-state index contributed by atoms with van der Waals surface area (Å²) in [6.45, 7) is 5.68. The molecule has 0 bridgehead atoms. The third-order valence-electron chi connectivity index (χ3n) is 6.93. The van der Waals surface area contributed by atoms with E-state index in [4.69, 9.17) is 0 Å². The third-order valence-corrected chi connectivity index (χ3v) is 9.60. The SMILES string of the molecule is Cc1ccsc1-c1cc(CN2CC[C@]3(C=CS(O)(O)N3c3cccc(F)c3)C[C@@H]2C)ccc1O. The molecule has 180 valence electrons. The summed E-state index contributed by atoms with van der Waals surface area (Å²) in [4.78, 5) is 3.46. The van der Waals surface area contributed by atoms with E-state index in [1.54, 1.807) is 33.8 Å². The van der Waals surface area contributed by atoms with Crippen molar-refractivity contribution in [2.24, 2.45) is 0 Å². The highest BCUT2D eigenvalue weighted by atomic mass is 32.3. The van der Waals surface area contributed by atoms with Crippen molar-refractivity contribution in [3.63, 3.8) is 0 Å². The van der Waals surface area contributed by atoms with Crippen molar-refractivity contribution in [2.45, 2.75) is 44.8 Å². The minimum Gasteiger partial charge on any atom is -0.507 e. The van der Waals surface area contributed by atoms with Crippen LogP contribution >= 0.6 is 22.1 Å². The number of benzene rings is 2. The number of piperidine rings is 1. The molecule has 5 rings (SSSR count). The number of hydrogen-bond donors (Lipinski definition) is 3. The van der Waals surface area contributed by atoms with Gasteiger partial charge < -0.3 is 5.11 Å². The standard InChI is InChI=1S/C26H29FN2O3S2/c1-18-8-12-33-25(18)23-14-20(6-7-24(23)30)17-28-11-9-26(16-19(28)2)10-13-34(31,32)29(26)22-5-3-4-21(27)15-22/h3-8,10,12-15,19,30-32H,9,11,16-17H2,1-2H3/t19-,26-/m0/s1. The van der Waals surface area contributed by atoms with Crippen molar-refractivity contribution < 1.29 is 18.6 Å². The molecule has 3 heterocycles. The zero-order chi connectivity index (χ0) is 24.1. The highest BCUT2D eigenvalue weighted by Gasteiger charge is 2.49. The number of aromatic hydroxyl groups is 1. The first-order valence-electron chi connectivity index (χ1n) is 11.3. The summed E-state index contributed by atoms with van der Waals surface area (Å²) in [6, 6.07) is 14.1. The molecule has 1 fully saturated rings. The van der Waals surface area contributed by atoms with Crippen LogP contribution in [0, 0.1) is 12.7 Å². The van der Waals surface area contributed by atoms with E-state index in [-0.39, 0.29) is 11.8 Å². The number of hydrogen-bond acceptors (Lipinski definition) is 6. The van der Waals surface area contributed by atoms with Crippen LogP contribution in [0.2, 0.25) is 0 Å². The molecule has 8 heteroatoms. The zero-order valence-corrected chi connectivity index (χ0v) is 20.8. The Morgan fingerprint density at radius 1 is 1.18 bits per heavy atom. The van der Waals surface area contributed by atoms with E-state index >= 15 is 0 Å². The van der Waals surface area contributed by atoms with Gasteiger partial charge in [0.05, 0.1) is 11.2 Å². The number of aryl methyl sites for hydroxylation is 1. The third kappa shape index (κ3) is 4.14. The Balaban J connectivity index is 1.37. The van der Waals surface area contributed by atoms with Crippen molar-refractivity contribution in [2.75, 3.05) is 10.8 Å². The van der Waals surface area contributed by atoms with Gasteiger partial charge in [-0.15, -0.1) is 11.3 Å². The van der Waals surface area contributed by atoms with Crippen molar-refractivity contribution in [1.29, 1.82) is 0 Å². The van der Waals surface area contributed by atoms with E-state index in [0.29, 0.717) is 18.5 Å². The molecular formula is C26H29FN2O3S2.